The van der Waals surface area contributed by atoms with E-state index in [2.05, 4.69) is 33.9 Å². The monoisotopic (exact) mass is 534 g/mol. The Bertz CT molecular complexity index is 863. The van der Waals surface area contributed by atoms with Crippen LogP contribution in [0.5, 0.6) is 0 Å². The Labute approximate surface area is 227 Å². The number of carbonyl (C=O) groups excluding carboxylic acids is 3. The Hall–Kier alpha value is -1.80. The molecule has 3 unspecified atom stereocenters. The zero-order chi connectivity index (χ0) is 27.3. The van der Waals surface area contributed by atoms with Crippen LogP contribution in [0.15, 0.2) is 25.3 Å². The third-order valence-electron chi connectivity index (χ3n) is 8.24. The molecule has 7 atom stereocenters. The van der Waals surface area contributed by atoms with Gasteiger partial charge >= 0.3 is 5.97 Å². The molecule has 3 saturated heterocycles. The lowest BCUT2D eigenvalue weighted by atomic mass is 9.71. The number of unbranched alkanes of at least 4 members (excludes halogenated alkanes) is 1. The van der Waals surface area contributed by atoms with E-state index in [0.717, 1.165) is 25.7 Å². The van der Waals surface area contributed by atoms with Gasteiger partial charge in [0.15, 0.2) is 0 Å². The van der Waals surface area contributed by atoms with Crippen molar-refractivity contribution < 1.29 is 24.2 Å². The van der Waals surface area contributed by atoms with Crippen LogP contribution in [0.4, 0.5) is 0 Å². The van der Waals surface area contributed by atoms with E-state index >= 15 is 0 Å². The number of rotatable bonds is 15. The predicted molar refractivity (Wildman–Crippen MR) is 148 cm³/mol. The van der Waals surface area contributed by atoms with Gasteiger partial charge in [-0.15, -0.1) is 24.9 Å². The minimum absolute atomic E-state index is 0.00481. The van der Waals surface area contributed by atoms with Crippen LogP contribution >= 0.6 is 11.8 Å². The van der Waals surface area contributed by atoms with Gasteiger partial charge in [-0.25, -0.2) is 0 Å². The first-order chi connectivity index (χ1) is 17.7. The fourth-order valence-electron chi connectivity index (χ4n) is 6.71. The molecule has 37 heavy (non-hydrogen) atoms. The molecule has 3 fully saturated rings. The Balaban J connectivity index is 2.02. The Morgan fingerprint density at radius 1 is 1.30 bits per heavy atom. The number of nitrogens with zero attached hydrogens (tertiary/aromatic N) is 2. The largest absolute Gasteiger partial charge is 0.465 e. The summed E-state index contributed by atoms with van der Waals surface area (Å²) in [5.41, 5.74) is 0. The molecular weight excluding hydrogens is 488 g/mol. The van der Waals surface area contributed by atoms with Gasteiger partial charge in [0.05, 0.1) is 35.8 Å². The fraction of sp³-hybridized carbons (Fsp3) is 0.759. The number of fused-ring (bicyclic) bond motifs is 1. The third kappa shape index (κ3) is 5.65. The highest BCUT2D eigenvalue weighted by atomic mass is 32.2. The first-order valence-electron chi connectivity index (χ1n) is 14.0. The maximum Gasteiger partial charge on any atom is 0.310 e. The number of aliphatic hydroxyl groups excluding tert-OH is 1. The normalized spacial score (nSPS) is 29.8. The number of amides is 2. The first-order valence-corrected chi connectivity index (χ1v) is 14.9. The summed E-state index contributed by atoms with van der Waals surface area (Å²) in [5, 5.41) is 10.4. The van der Waals surface area contributed by atoms with E-state index in [1.165, 1.54) is 0 Å². The number of allylic oxidation sites excluding steroid dienone is 1. The van der Waals surface area contributed by atoms with Crippen molar-refractivity contribution in [2.75, 3.05) is 19.8 Å². The Kier molecular flexibility index (Phi) is 10.3. The van der Waals surface area contributed by atoms with E-state index in [1.807, 2.05) is 11.8 Å². The molecule has 2 amide bonds. The molecule has 3 aliphatic heterocycles. The summed E-state index contributed by atoms with van der Waals surface area (Å²) in [6.07, 6.45) is 8.84. The summed E-state index contributed by atoms with van der Waals surface area (Å²) in [6.45, 7) is 16.3. The molecule has 2 bridgehead atoms. The van der Waals surface area contributed by atoms with Crippen molar-refractivity contribution in [3.05, 3.63) is 25.3 Å². The lowest BCUT2D eigenvalue weighted by Crippen LogP contribution is -2.59. The summed E-state index contributed by atoms with van der Waals surface area (Å²) >= 11 is 1.65. The second kappa shape index (κ2) is 12.8. The smallest absolute Gasteiger partial charge is 0.310 e. The van der Waals surface area contributed by atoms with Crippen molar-refractivity contribution >= 4 is 29.5 Å². The molecule has 0 aromatic rings. The number of ether oxygens (including phenoxy) is 1. The van der Waals surface area contributed by atoms with Crippen LogP contribution in [0, 0.1) is 17.8 Å². The van der Waals surface area contributed by atoms with Crippen LogP contribution in [0.2, 0.25) is 0 Å². The van der Waals surface area contributed by atoms with Gasteiger partial charge in [0.1, 0.15) is 6.04 Å². The van der Waals surface area contributed by atoms with E-state index in [0.29, 0.717) is 32.4 Å². The van der Waals surface area contributed by atoms with E-state index < -0.39 is 28.7 Å². The molecule has 0 saturated carbocycles. The molecule has 1 N–H and O–H groups in total. The lowest BCUT2D eigenvalue weighted by Gasteiger charge is -2.41. The molecular formula is C29H46N2O5S. The summed E-state index contributed by atoms with van der Waals surface area (Å²) in [7, 11) is 0. The average Bonchev–Trinajstić information content (AvgIpc) is 3.50. The van der Waals surface area contributed by atoms with Crippen LogP contribution < -0.4 is 0 Å². The quantitative estimate of drug-likeness (QED) is 0.193. The van der Waals surface area contributed by atoms with Gasteiger partial charge in [-0.1, -0.05) is 39.3 Å². The van der Waals surface area contributed by atoms with E-state index in [1.54, 1.807) is 28.8 Å². The van der Waals surface area contributed by atoms with Gasteiger partial charge in [0, 0.05) is 17.8 Å². The summed E-state index contributed by atoms with van der Waals surface area (Å²) in [6, 6.07) is -1.19. The standard InChI is InChI=1S/C29H46N2O5S/c1-7-10-11-16-36-28(35)23-22-13-14-29(37-22)24(23)26(33)31(21(18-32)17-19(4)5)25(29)27(34)30(15-9-3)20(6)12-8-2/h7,9,19-25,32H,1,3,8,10-18H2,2,4-6H3/t20?,21-,22+,23-,24+,25?,29?/m1/s1. The maximum absolute atomic E-state index is 14.4. The Morgan fingerprint density at radius 2 is 2.03 bits per heavy atom. The highest BCUT2D eigenvalue weighted by Crippen LogP contribution is 2.67. The van der Waals surface area contributed by atoms with Gasteiger partial charge in [0.2, 0.25) is 11.8 Å². The van der Waals surface area contributed by atoms with Crippen LogP contribution in [-0.2, 0) is 19.1 Å². The third-order valence-corrected chi connectivity index (χ3v) is 10.2. The number of esters is 1. The lowest BCUT2D eigenvalue weighted by molar-refractivity contribution is -0.154. The fourth-order valence-corrected chi connectivity index (χ4v) is 8.89. The highest BCUT2D eigenvalue weighted by molar-refractivity contribution is 8.02. The number of hydrogen-bond acceptors (Lipinski definition) is 6. The minimum Gasteiger partial charge on any atom is -0.465 e. The number of hydrogen-bond donors (Lipinski definition) is 1. The number of carbonyl (C=O) groups is 3. The molecule has 3 heterocycles. The molecule has 0 aromatic carbocycles. The topological polar surface area (TPSA) is 87.2 Å². The van der Waals surface area contributed by atoms with E-state index in [4.69, 9.17) is 4.74 Å². The van der Waals surface area contributed by atoms with Crippen LogP contribution in [0.3, 0.4) is 0 Å². The summed E-state index contributed by atoms with van der Waals surface area (Å²) < 4.78 is 4.96. The van der Waals surface area contributed by atoms with Crippen molar-refractivity contribution in [3.63, 3.8) is 0 Å². The zero-order valence-corrected chi connectivity index (χ0v) is 23.9. The summed E-state index contributed by atoms with van der Waals surface area (Å²) in [5.74, 6) is -1.53. The number of aliphatic hydroxyl groups is 1. The van der Waals surface area contributed by atoms with Crippen molar-refractivity contribution in [1.82, 2.24) is 9.80 Å². The first kappa shape index (κ1) is 29.8. The number of thioether (sulfide) groups is 1. The van der Waals surface area contributed by atoms with Gasteiger partial charge in [-0.2, -0.15) is 0 Å². The predicted octanol–water partition coefficient (Wildman–Crippen LogP) is 4.20. The molecule has 0 aliphatic carbocycles. The average molecular weight is 535 g/mol. The molecule has 1 spiro atoms. The minimum atomic E-state index is -0.714. The van der Waals surface area contributed by atoms with Gasteiger partial charge < -0.3 is 19.6 Å². The van der Waals surface area contributed by atoms with Crippen molar-refractivity contribution in [2.45, 2.75) is 101 Å². The molecule has 8 heteroatoms. The van der Waals surface area contributed by atoms with Crippen LogP contribution in [-0.4, -0.2) is 80.6 Å². The highest BCUT2D eigenvalue weighted by Gasteiger charge is 2.74. The SMILES string of the molecule is C=CCCCOC(=O)[C@@H]1[C@@H]2CCC3(S2)C(C(=O)N(CC=C)C(C)CCC)N([C@@H](CO)CC(C)C)C(=O)[C@H]13. The molecule has 3 aliphatic rings. The molecule has 3 rings (SSSR count). The molecule has 0 radical (unpaired) electrons. The van der Waals surface area contributed by atoms with Crippen molar-refractivity contribution in [3.8, 4) is 0 Å². The van der Waals surface area contributed by atoms with E-state index in [9.17, 15) is 19.5 Å². The Morgan fingerprint density at radius 3 is 2.62 bits per heavy atom. The second-order valence-electron chi connectivity index (χ2n) is 11.3. The molecule has 208 valence electrons. The number of likely N-dealkylation sites (tertiary alicyclic amines) is 1. The van der Waals surface area contributed by atoms with E-state index in [-0.39, 0.29) is 41.6 Å². The maximum atomic E-state index is 14.4. The zero-order valence-electron chi connectivity index (χ0n) is 23.1. The van der Waals surface area contributed by atoms with Gasteiger partial charge in [-0.05, 0) is 51.4 Å². The van der Waals surface area contributed by atoms with Gasteiger partial charge in [0.25, 0.3) is 0 Å². The molecule has 0 aromatic heterocycles. The second-order valence-corrected chi connectivity index (χ2v) is 12.9. The van der Waals surface area contributed by atoms with Gasteiger partial charge in [-0.3, -0.25) is 14.4 Å². The van der Waals surface area contributed by atoms with Crippen LogP contribution in [0.25, 0.3) is 0 Å². The van der Waals surface area contributed by atoms with Crippen molar-refractivity contribution in [2.24, 2.45) is 17.8 Å². The van der Waals surface area contributed by atoms with Crippen molar-refractivity contribution in [1.29, 1.82) is 0 Å². The summed E-state index contributed by atoms with van der Waals surface area (Å²) in [4.78, 5) is 45.5. The molecule has 7 nitrogen and oxygen atoms in total. The van der Waals surface area contributed by atoms with Crippen LogP contribution in [0.1, 0.15) is 72.6 Å².